The van der Waals surface area contributed by atoms with Crippen LogP contribution in [0, 0.1) is 17.3 Å². The first-order valence-corrected chi connectivity index (χ1v) is 22.7. The lowest BCUT2D eigenvalue weighted by Crippen LogP contribution is -2.71. The van der Waals surface area contributed by atoms with Gasteiger partial charge in [-0.3, -0.25) is 9.59 Å². The molecule has 14 atom stereocenters. The van der Waals surface area contributed by atoms with Gasteiger partial charge < -0.3 is 64.0 Å². The Morgan fingerprint density at radius 2 is 1.66 bits per heavy atom. The molecule has 3 heterocycles. The van der Waals surface area contributed by atoms with Gasteiger partial charge in [0.2, 0.25) is 11.7 Å². The lowest BCUT2D eigenvalue weighted by atomic mass is 9.71. The van der Waals surface area contributed by atoms with Gasteiger partial charge in [0.05, 0.1) is 49.7 Å². The maximum Gasteiger partial charge on any atom is 0.328 e. The maximum atomic E-state index is 14.5. The van der Waals surface area contributed by atoms with Crippen LogP contribution in [0.3, 0.4) is 0 Å². The molecule has 0 aliphatic carbocycles. The molecule has 67 heavy (non-hydrogen) atoms. The number of allylic oxidation sites excluding steroid dienone is 9. The molecular formula is C51H71NO15. The Labute approximate surface area is 394 Å². The van der Waals surface area contributed by atoms with E-state index in [9.17, 15) is 34.8 Å². The van der Waals surface area contributed by atoms with Crippen molar-refractivity contribution in [3.63, 3.8) is 0 Å². The van der Waals surface area contributed by atoms with E-state index in [4.69, 9.17) is 38.3 Å². The molecule has 0 radical (unpaired) electrons. The van der Waals surface area contributed by atoms with Gasteiger partial charge >= 0.3 is 11.9 Å². The van der Waals surface area contributed by atoms with E-state index in [1.54, 1.807) is 119 Å². The summed E-state index contributed by atoms with van der Waals surface area (Å²) in [4.78, 5) is 38.7. The molecule has 3 fully saturated rings. The Kier molecular flexibility index (Phi) is 21.5. The van der Waals surface area contributed by atoms with E-state index in [2.05, 4.69) is 5.32 Å². The van der Waals surface area contributed by atoms with Crippen LogP contribution in [-0.4, -0.2) is 144 Å². The van der Waals surface area contributed by atoms with Crippen molar-refractivity contribution in [2.45, 2.75) is 134 Å². The summed E-state index contributed by atoms with van der Waals surface area (Å²) in [5, 5.41) is 58.2. The Morgan fingerprint density at radius 3 is 2.33 bits per heavy atom. The number of ether oxygens (including phenoxy) is 7. The minimum absolute atomic E-state index is 0.0330. The first-order chi connectivity index (χ1) is 31.9. The smallest absolute Gasteiger partial charge is 0.328 e. The van der Waals surface area contributed by atoms with Crippen LogP contribution in [0.25, 0.3) is 0 Å². The van der Waals surface area contributed by atoms with Gasteiger partial charge in [-0.25, -0.2) is 4.79 Å². The number of aliphatic hydroxyl groups excluding tert-OH is 3. The molecule has 6 N–H and O–H groups in total. The number of amides is 1. The van der Waals surface area contributed by atoms with Crippen molar-refractivity contribution in [1.29, 1.82) is 0 Å². The Balaban J connectivity index is 1.57. The third-order valence-electron chi connectivity index (χ3n) is 12.5. The van der Waals surface area contributed by atoms with E-state index in [1.165, 1.54) is 13.2 Å². The normalized spacial score (nSPS) is 31.9. The van der Waals surface area contributed by atoms with Crippen molar-refractivity contribution in [3.05, 3.63) is 120 Å². The minimum Gasteiger partial charge on any atom is -0.478 e. The van der Waals surface area contributed by atoms with Gasteiger partial charge in [-0.05, 0) is 31.9 Å². The Morgan fingerprint density at radius 1 is 0.955 bits per heavy atom. The van der Waals surface area contributed by atoms with Gasteiger partial charge in [-0.2, -0.15) is 0 Å². The standard InChI is InChI=1S/C51H71NO15/c1-9-10-14-25-41-50(5,6)47(58)48(66-43(56)28-35-22-15-13-16-23-35)51(60,67-41)36(31-63-40-30-44(61-7)64-34(4)45(40)57)49(59)52-27-20-19-21-32(2)46(62-8)33(3)39-29-37(53)38(65-39)24-17-11-12-18-26-42(54)55/h9-26,33-34,36-41,44-48,53,57-58,60H,27-31H2,1-8H3,(H,52,59)(H,54,55). The summed E-state index contributed by atoms with van der Waals surface area (Å²) in [5.74, 6) is -7.05. The molecule has 3 aliphatic heterocycles. The molecule has 16 heteroatoms. The number of carbonyl (C=O) groups excluding carboxylic acids is 2. The molecule has 16 nitrogen and oxygen atoms in total. The largest absolute Gasteiger partial charge is 0.478 e. The third-order valence-corrected chi connectivity index (χ3v) is 12.5. The summed E-state index contributed by atoms with van der Waals surface area (Å²) in [6, 6.07) is 8.82. The zero-order chi connectivity index (χ0) is 49.3. The van der Waals surface area contributed by atoms with E-state index in [0.29, 0.717) is 12.0 Å². The molecule has 0 bridgehead atoms. The summed E-state index contributed by atoms with van der Waals surface area (Å²) in [5.41, 5.74) is 0.327. The fourth-order valence-electron chi connectivity index (χ4n) is 8.42. The molecule has 0 aromatic heterocycles. The summed E-state index contributed by atoms with van der Waals surface area (Å²) in [7, 11) is 3.04. The quantitative estimate of drug-likeness (QED) is 0.0537. The lowest BCUT2D eigenvalue weighted by Gasteiger charge is -2.54. The highest BCUT2D eigenvalue weighted by molar-refractivity contribution is 5.81. The number of benzene rings is 1. The van der Waals surface area contributed by atoms with Gasteiger partial charge in [0, 0.05) is 51.0 Å². The molecule has 14 unspecified atom stereocenters. The number of rotatable bonds is 22. The zero-order valence-electron chi connectivity index (χ0n) is 39.8. The van der Waals surface area contributed by atoms with Crippen LogP contribution < -0.4 is 5.32 Å². The molecular weight excluding hydrogens is 867 g/mol. The van der Waals surface area contributed by atoms with Crippen molar-refractivity contribution in [2.75, 3.05) is 27.4 Å². The van der Waals surface area contributed by atoms with Crippen molar-refractivity contribution >= 4 is 17.8 Å². The fraction of sp³-hybridized carbons (Fsp3) is 0.549. The second kappa shape index (κ2) is 26.2. The predicted octanol–water partition coefficient (Wildman–Crippen LogP) is 4.43. The average Bonchev–Trinajstić information content (AvgIpc) is 3.66. The predicted molar refractivity (Wildman–Crippen MR) is 249 cm³/mol. The summed E-state index contributed by atoms with van der Waals surface area (Å²) >= 11 is 0. The molecule has 3 aliphatic rings. The molecule has 1 aromatic carbocycles. The number of esters is 1. The van der Waals surface area contributed by atoms with Crippen molar-refractivity contribution in [3.8, 4) is 0 Å². The van der Waals surface area contributed by atoms with Crippen LogP contribution in [0.4, 0.5) is 0 Å². The average molecular weight is 938 g/mol. The van der Waals surface area contributed by atoms with Gasteiger partial charge in [-0.15, -0.1) is 0 Å². The Hall–Kier alpha value is -4.59. The fourth-order valence-corrected chi connectivity index (χ4v) is 8.42. The molecule has 0 spiro atoms. The number of carbonyl (C=O) groups is 3. The van der Waals surface area contributed by atoms with Crippen LogP contribution in [0.15, 0.2) is 115 Å². The Bertz CT molecular complexity index is 1960. The van der Waals surface area contributed by atoms with E-state index < -0.39 is 103 Å². The molecule has 1 aromatic rings. The second-order valence-electron chi connectivity index (χ2n) is 17.7. The van der Waals surface area contributed by atoms with Crippen molar-refractivity contribution in [1.82, 2.24) is 5.32 Å². The van der Waals surface area contributed by atoms with E-state index >= 15 is 0 Å². The first kappa shape index (κ1) is 55.0. The van der Waals surface area contributed by atoms with Gasteiger partial charge in [0.25, 0.3) is 0 Å². The monoisotopic (exact) mass is 937 g/mol. The molecule has 1 amide bonds. The summed E-state index contributed by atoms with van der Waals surface area (Å²) in [6.07, 6.45) is 11.7. The van der Waals surface area contributed by atoms with Crippen LogP contribution in [-0.2, 0) is 54.0 Å². The third kappa shape index (κ3) is 15.2. The second-order valence-corrected chi connectivity index (χ2v) is 17.7. The van der Waals surface area contributed by atoms with E-state index in [1.807, 2.05) is 26.8 Å². The van der Waals surface area contributed by atoms with Crippen LogP contribution in [0.5, 0.6) is 0 Å². The summed E-state index contributed by atoms with van der Waals surface area (Å²) < 4.78 is 41.8. The highest BCUT2D eigenvalue weighted by Gasteiger charge is 2.63. The van der Waals surface area contributed by atoms with Crippen LogP contribution in [0.1, 0.15) is 59.9 Å². The number of aliphatic hydroxyl groups is 4. The molecule has 370 valence electrons. The van der Waals surface area contributed by atoms with Crippen LogP contribution >= 0.6 is 0 Å². The van der Waals surface area contributed by atoms with Crippen LogP contribution in [0.2, 0.25) is 0 Å². The van der Waals surface area contributed by atoms with E-state index in [0.717, 1.165) is 11.6 Å². The molecule has 3 saturated heterocycles. The first-order valence-electron chi connectivity index (χ1n) is 22.7. The number of carboxylic acid groups (broad SMARTS) is 1. The highest BCUT2D eigenvalue weighted by atomic mass is 16.7. The van der Waals surface area contributed by atoms with E-state index in [-0.39, 0.29) is 31.4 Å². The number of carboxylic acids is 1. The number of aliphatic carboxylic acids is 1. The van der Waals surface area contributed by atoms with Crippen molar-refractivity contribution in [2.24, 2.45) is 17.3 Å². The van der Waals surface area contributed by atoms with Gasteiger partial charge in [0.1, 0.15) is 24.2 Å². The van der Waals surface area contributed by atoms with Crippen molar-refractivity contribution < 1.29 is 73.1 Å². The number of methoxy groups -OCH3 is 2. The SMILES string of the molecule is CC=CC=CC1OC(O)(C(COC2CC(OC)OC(C)C2O)C(=O)NCC=CC=C(C)C(OC)C(C)C2CC(O)C(C=CC=CC=CC(=O)O)O2)C(OC(=O)Cc2ccccc2)C(O)C1(C)C. The number of hydrogen-bond donors (Lipinski definition) is 6. The van der Waals surface area contributed by atoms with Gasteiger partial charge in [0.15, 0.2) is 12.4 Å². The topological polar surface area (TPSA) is 229 Å². The number of nitrogens with one attached hydrogen (secondary N) is 1. The zero-order valence-corrected chi connectivity index (χ0v) is 39.8. The number of hydrogen-bond acceptors (Lipinski definition) is 14. The van der Waals surface area contributed by atoms with Gasteiger partial charge in [-0.1, -0.05) is 124 Å². The minimum atomic E-state index is -2.67. The highest BCUT2D eigenvalue weighted by Crippen LogP contribution is 2.46. The molecule has 4 rings (SSSR count). The maximum absolute atomic E-state index is 14.5. The lowest BCUT2D eigenvalue weighted by molar-refractivity contribution is -0.365. The molecule has 0 saturated carbocycles. The summed E-state index contributed by atoms with van der Waals surface area (Å²) in [6.45, 7) is 10.2.